The van der Waals surface area contributed by atoms with Crippen LogP contribution in [0, 0.1) is 0 Å². The number of anilines is 2. The van der Waals surface area contributed by atoms with Crippen molar-refractivity contribution in [3.63, 3.8) is 0 Å². The molecule has 0 spiro atoms. The van der Waals surface area contributed by atoms with Crippen molar-refractivity contribution in [1.29, 1.82) is 0 Å². The van der Waals surface area contributed by atoms with Crippen molar-refractivity contribution in [3.8, 4) is 5.75 Å². The molecule has 1 saturated heterocycles. The fraction of sp³-hybridized carbons (Fsp3) is 0.391. The van der Waals surface area contributed by atoms with Crippen LogP contribution in [-0.2, 0) is 16.1 Å². The number of nitrogens with zero attached hydrogens (tertiary/aromatic N) is 1. The summed E-state index contributed by atoms with van der Waals surface area (Å²) in [7, 11) is 0. The molecule has 0 saturated carbocycles. The summed E-state index contributed by atoms with van der Waals surface area (Å²) in [6.07, 6.45) is 0.411. The summed E-state index contributed by atoms with van der Waals surface area (Å²) in [5, 5.41) is 2.68. The molecule has 1 amide bonds. The van der Waals surface area contributed by atoms with E-state index in [9.17, 15) is 9.59 Å². The first-order chi connectivity index (χ1) is 14.3. The van der Waals surface area contributed by atoms with Gasteiger partial charge in [-0.3, -0.25) is 5.32 Å². The lowest BCUT2D eigenvalue weighted by atomic mass is 9.98. The van der Waals surface area contributed by atoms with E-state index < -0.39 is 17.7 Å². The molecule has 1 N–H and O–H groups in total. The number of fused-ring (bicyclic) bond motifs is 3. The Bertz CT molecular complexity index is 952. The summed E-state index contributed by atoms with van der Waals surface area (Å²) in [6.45, 7) is 6.95. The van der Waals surface area contributed by atoms with Gasteiger partial charge in [-0.25, -0.2) is 9.59 Å². The maximum Gasteiger partial charge on any atom is 0.411 e. The predicted molar refractivity (Wildman–Crippen MR) is 113 cm³/mol. The second-order valence-corrected chi connectivity index (χ2v) is 8.47. The molecule has 0 radical (unpaired) electrons. The number of ether oxygens (including phenoxy) is 3. The number of carbonyl (C=O) groups is 2. The Balaban J connectivity index is 1.58. The van der Waals surface area contributed by atoms with Crippen LogP contribution < -0.4 is 15.0 Å². The lowest BCUT2D eigenvalue weighted by Gasteiger charge is -2.47. The molecule has 2 aliphatic rings. The summed E-state index contributed by atoms with van der Waals surface area (Å²) in [6, 6.07) is 13.3. The summed E-state index contributed by atoms with van der Waals surface area (Å²) in [5.74, 6) is -0.0993. The zero-order valence-electron chi connectivity index (χ0n) is 17.4. The summed E-state index contributed by atoms with van der Waals surface area (Å²) < 4.78 is 16.8. The maximum absolute atomic E-state index is 13.0. The van der Waals surface area contributed by atoms with E-state index in [4.69, 9.17) is 14.2 Å². The quantitative estimate of drug-likeness (QED) is 0.755. The van der Waals surface area contributed by atoms with E-state index in [-0.39, 0.29) is 12.2 Å². The minimum atomic E-state index is -0.682. The number of hydrogen-bond donors (Lipinski definition) is 1. The zero-order chi connectivity index (χ0) is 21.3. The van der Waals surface area contributed by atoms with Gasteiger partial charge in [0.15, 0.2) is 5.75 Å². The number of carbonyl (C=O) groups excluding carboxylic acids is 2. The third kappa shape index (κ3) is 4.20. The molecular weight excluding hydrogens is 384 g/mol. The third-order valence-electron chi connectivity index (χ3n) is 5.06. The lowest BCUT2D eigenvalue weighted by Crippen LogP contribution is -2.53. The molecule has 4 rings (SSSR count). The molecule has 30 heavy (non-hydrogen) atoms. The van der Waals surface area contributed by atoms with Gasteiger partial charge in [0.05, 0.1) is 17.4 Å². The SMILES string of the molecule is CC(C)(C)OC(=O)c1c(NC(=O)OCc2ccccc2)ccc2c1OC[C@H]1CCN21. The van der Waals surface area contributed by atoms with Gasteiger partial charge < -0.3 is 19.1 Å². The Morgan fingerprint density at radius 2 is 1.93 bits per heavy atom. The van der Waals surface area contributed by atoms with Crippen LogP contribution in [0.2, 0.25) is 0 Å². The largest absolute Gasteiger partial charge is 0.488 e. The molecule has 2 aromatic carbocycles. The number of esters is 1. The number of amides is 1. The highest BCUT2D eigenvalue weighted by Gasteiger charge is 2.38. The van der Waals surface area contributed by atoms with Crippen LogP contribution in [-0.4, -0.2) is 36.9 Å². The second-order valence-electron chi connectivity index (χ2n) is 8.47. The highest BCUT2D eigenvalue weighted by Crippen LogP contribution is 2.44. The molecule has 1 fully saturated rings. The minimum absolute atomic E-state index is 0.130. The maximum atomic E-state index is 13.0. The molecule has 0 aliphatic carbocycles. The third-order valence-corrected chi connectivity index (χ3v) is 5.06. The molecule has 2 heterocycles. The van der Waals surface area contributed by atoms with Gasteiger partial charge in [-0.1, -0.05) is 30.3 Å². The predicted octanol–water partition coefficient (Wildman–Crippen LogP) is 4.36. The normalized spacial score (nSPS) is 17.0. The van der Waals surface area contributed by atoms with Gasteiger partial charge in [0.1, 0.15) is 24.4 Å². The standard InChI is InChI=1S/C23H26N2O5/c1-23(2,3)30-21(26)19-17(24-22(27)29-13-15-7-5-4-6-8-15)9-10-18-20(19)28-14-16-11-12-25(16)18/h4-10,16H,11-14H2,1-3H3,(H,24,27)/t16-/m1/s1. The highest BCUT2D eigenvalue weighted by atomic mass is 16.6. The van der Waals surface area contributed by atoms with E-state index in [0.29, 0.717) is 24.1 Å². The van der Waals surface area contributed by atoms with Crippen molar-refractivity contribution in [2.45, 2.75) is 45.4 Å². The van der Waals surface area contributed by atoms with E-state index in [2.05, 4.69) is 10.2 Å². The Morgan fingerprint density at radius 3 is 2.60 bits per heavy atom. The molecule has 7 nitrogen and oxygen atoms in total. The average Bonchev–Trinajstić information content (AvgIpc) is 2.66. The van der Waals surface area contributed by atoms with Gasteiger partial charge >= 0.3 is 12.1 Å². The summed E-state index contributed by atoms with van der Waals surface area (Å²) >= 11 is 0. The van der Waals surface area contributed by atoms with Crippen LogP contribution in [0.15, 0.2) is 42.5 Å². The van der Waals surface area contributed by atoms with Crippen molar-refractivity contribution >= 4 is 23.4 Å². The lowest BCUT2D eigenvalue weighted by molar-refractivity contribution is 0.00660. The van der Waals surface area contributed by atoms with Crippen molar-refractivity contribution in [2.24, 2.45) is 0 Å². The number of hydrogen-bond acceptors (Lipinski definition) is 6. The first-order valence-electron chi connectivity index (χ1n) is 10.1. The second kappa shape index (κ2) is 7.89. The topological polar surface area (TPSA) is 77.1 Å². The molecule has 7 heteroatoms. The van der Waals surface area contributed by atoms with Gasteiger partial charge in [-0.15, -0.1) is 0 Å². The molecule has 158 valence electrons. The van der Waals surface area contributed by atoms with Gasteiger partial charge in [-0.2, -0.15) is 0 Å². The number of nitrogens with one attached hydrogen (secondary N) is 1. The molecule has 2 aromatic rings. The van der Waals surface area contributed by atoms with Crippen LogP contribution in [0.5, 0.6) is 5.75 Å². The van der Waals surface area contributed by atoms with Crippen molar-refractivity contribution in [3.05, 3.63) is 53.6 Å². The van der Waals surface area contributed by atoms with Crippen LogP contribution in [0.4, 0.5) is 16.2 Å². The van der Waals surface area contributed by atoms with Crippen LogP contribution in [0.1, 0.15) is 43.1 Å². The summed E-state index contributed by atoms with van der Waals surface area (Å²) in [4.78, 5) is 27.6. The van der Waals surface area contributed by atoms with Gasteiger partial charge in [0.2, 0.25) is 0 Å². The van der Waals surface area contributed by atoms with Crippen LogP contribution in [0.25, 0.3) is 0 Å². The van der Waals surface area contributed by atoms with Gasteiger partial charge in [0, 0.05) is 6.54 Å². The van der Waals surface area contributed by atoms with Gasteiger partial charge in [-0.05, 0) is 44.9 Å². The average molecular weight is 410 g/mol. The summed E-state index contributed by atoms with van der Waals surface area (Å²) in [5.41, 5.74) is 1.56. The Labute approximate surface area is 175 Å². The van der Waals surface area contributed by atoms with Gasteiger partial charge in [0.25, 0.3) is 0 Å². The van der Waals surface area contributed by atoms with E-state index in [1.807, 2.05) is 36.4 Å². The Hall–Kier alpha value is -3.22. The van der Waals surface area contributed by atoms with E-state index in [0.717, 1.165) is 24.2 Å². The van der Waals surface area contributed by atoms with Crippen LogP contribution >= 0.6 is 0 Å². The van der Waals surface area contributed by atoms with E-state index in [1.165, 1.54) is 0 Å². The van der Waals surface area contributed by atoms with E-state index >= 15 is 0 Å². The number of rotatable bonds is 4. The molecule has 0 aromatic heterocycles. The van der Waals surface area contributed by atoms with Crippen molar-refractivity contribution in [2.75, 3.05) is 23.4 Å². The first kappa shape index (κ1) is 20.1. The first-order valence-corrected chi connectivity index (χ1v) is 10.1. The van der Waals surface area contributed by atoms with Crippen LogP contribution in [0.3, 0.4) is 0 Å². The Morgan fingerprint density at radius 1 is 1.17 bits per heavy atom. The van der Waals surface area contributed by atoms with E-state index in [1.54, 1.807) is 26.8 Å². The van der Waals surface area contributed by atoms with Crippen molar-refractivity contribution in [1.82, 2.24) is 0 Å². The smallest absolute Gasteiger partial charge is 0.411 e. The molecule has 1 atom stereocenters. The molecule has 0 bridgehead atoms. The van der Waals surface area contributed by atoms with Crippen molar-refractivity contribution < 1.29 is 23.8 Å². The molecular formula is C23H26N2O5. The number of benzene rings is 2. The zero-order valence-corrected chi connectivity index (χ0v) is 17.4. The Kier molecular flexibility index (Phi) is 5.28. The molecule has 2 aliphatic heterocycles. The fourth-order valence-electron chi connectivity index (χ4n) is 3.56. The highest BCUT2D eigenvalue weighted by molar-refractivity contribution is 6.04. The molecule has 0 unspecified atom stereocenters. The monoisotopic (exact) mass is 410 g/mol. The fourth-order valence-corrected chi connectivity index (χ4v) is 3.56. The minimum Gasteiger partial charge on any atom is -0.488 e.